The SMILES string of the molecule is O=C(CN(CC(=O)NCCO)C(=O)CCC(=O)N(CC(=O)NCCO)CC(=O)NCCO)NCCO. The van der Waals surface area contributed by atoms with Gasteiger partial charge in [-0.05, 0) is 0 Å². The van der Waals surface area contributed by atoms with E-state index in [1.54, 1.807) is 0 Å². The van der Waals surface area contributed by atoms with E-state index >= 15 is 0 Å². The first-order chi connectivity index (χ1) is 17.2. The Morgan fingerprint density at radius 1 is 0.444 bits per heavy atom. The lowest BCUT2D eigenvalue weighted by Crippen LogP contribution is -2.48. The van der Waals surface area contributed by atoms with Gasteiger partial charge in [0.2, 0.25) is 35.4 Å². The van der Waals surface area contributed by atoms with Crippen molar-refractivity contribution in [3.05, 3.63) is 0 Å². The molecule has 0 unspecified atom stereocenters. The Kier molecular flexibility index (Phi) is 18.1. The quantitative estimate of drug-likeness (QED) is 0.0801. The molecular weight excluding hydrogens is 484 g/mol. The van der Waals surface area contributed by atoms with Gasteiger partial charge in [0.15, 0.2) is 0 Å². The molecule has 0 rings (SSSR count). The van der Waals surface area contributed by atoms with Gasteiger partial charge in [-0.1, -0.05) is 0 Å². The number of nitrogens with zero attached hydrogens (tertiary/aromatic N) is 2. The predicted molar refractivity (Wildman–Crippen MR) is 123 cm³/mol. The number of rotatable bonds is 19. The molecule has 0 saturated carbocycles. The lowest BCUT2D eigenvalue weighted by molar-refractivity contribution is -0.143. The number of carbonyl (C=O) groups is 6. The first-order valence-corrected chi connectivity index (χ1v) is 11.2. The molecule has 206 valence electrons. The van der Waals surface area contributed by atoms with Gasteiger partial charge in [-0.2, -0.15) is 0 Å². The summed E-state index contributed by atoms with van der Waals surface area (Å²) in [6, 6.07) is 0. The van der Waals surface area contributed by atoms with E-state index in [2.05, 4.69) is 21.3 Å². The molecule has 0 aromatic heterocycles. The van der Waals surface area contributed by atoms with Crippen molar-refractivity contribution in [1.29, 1.82) is 0 Å². The highest BCUT2D eigenvalue weighted by molar-refractivity contribution is 5.93. The Bertz CT molecular complexity index is 632. The third-order valence-corrected chi connectivity index (χ3v) is 4.33. The summed E-state index contributed by atoms with van der Waals surface area (Å²) in [6.07, 6.45) is -0.904. The summed E-state index contributed by atoms with van der Waals surface area (Å²) >= 11 is 0. The Hall–Kier alpha value is -3.34. The highest BCUT2D eigenvalue weighted by Crippen LogP contribution is 2.03. The molecule has 0 aliphatic carbocycles. The van der Waals surface area contributed by atoms with Gasteiger partial charge < -0.3 is 51.5 Å². The van der Waals surface area contributed by atoms with Crippen molar-refractivity contribution >= 4 is 35.4 Å². The van der Waals surface area contributed by atoms with Gasteiger partial charge in [-0.3, -0.25) is 28.8 Å². The number of carbonyl (C=O) groups excluding carboxylic acids is 6. The minimum absolute atomic E-state index is 0.0677. The molecule has 0 radical (unpaired) electrons. The first kappa shape index (κ1) is 32.7. The highest BCUT2D eigenvalue weighted by atomic mass is 16.3. The standard InChI is InChI=1S/C20H36N6O10/c27-7-3-21-15(31)11-25(12-16(32)22-4-8-28)19(35)1-2-20(36)26(13-17(33)23-5-9-29)14-18(34)24-6-10-30/h27-30H,1-14H2,(H,21,31)(H,22,32)(H,23,33)(H,24,34). The normalized spacial score (nSPS) is 10.2. The highest BCUT2D eigenvalue weighted by Gasteiger charge is 2.24. The van der Waals surface area contributed by atoms with Crippen LogP contribution in [-0.2, 0) is 28.8 Å². The minimum atomic E-state index is -0.740. The third kappa shape index (κ3) is 15.5. The molecule has 0 spiro atoms. The van der Waals surface area contributed by atoms with E-state index in [1.807, 2.05) is 0 Å². The van der Waals surface area contributed by atoms with Crippen LogP contribution in [0.25, 0.3) is 0 Å². The maximum atomic E-state index is 12.7. The van der Waals surface area contributed by atoms with Gasteiger partial charge in [-0.15, -0.1) is 0 Å². The molecule has 36 heavy (non-hydrogen) atoms. The Labute approximate surface area is 208 Å². The van der Waals surface area contributed by atoms with Gasteiger partial charge in [0.1, 0.15) is 26.2 Å². The first-order valence-electron chi connectivity index (χ1n) is 11.2. The smallest absolute Gasteiger partial charge is 0.239 e. The largest absolute Gasteiger partial charge is 0.395 e. The lowest BCUT2D eigenvalue weighted by atomic mass is 10.2. The molecule has 0 aromatic rings. The molecular formula is C20H36N6O10. The number of amides is 6. The van der Waals surface area contributed by atoms with Gasteiger partial charge in [0.05, 0.1) is 26.4 Å². The van der Waals surface area contributed by atoms with Crippen molar-refractivity contribution in [2.75, 3.05) is 78.8 Å². The average molecular weight is 521 g/mol. The molecule has 0 atom stereocenters. The summed E-state index contributed by atoms with van der Waals surface area (Å²) < 4.78 is 0. The van der Waals surface area contributed by atoms with Crippen LogP contribution in [0.15, 0.2) is 0 Å². The fraction of sp³-hybridized carbons (Fsp3) is 0.700. The number of hydrogen-bond acceptors (Lipinski definition) is 10. The molecule has 0 aromatic carbocycles. The third-order valence-electron chi connectivity index (χ3n) is 4.33. The van der Waals surface area contributed by atoms with Gasteiger partial charge in [0.25, 0.3) is 0 Å². The van der Waals surface area contributed by atoms with E-state index in [0.29, 0.717) is 0 Å². The topological polar surface area (TPSA) is 238 Å². The summed E-state index contributed by atoms with van der Waals surface area (Å²) in [5, 5.41) is 44.6. The number of aliphatic hydroxyl groups excluding tert-OH is 4. The van der Waals surface area contributed by atoms with Crippen molar-refractivity contribution in [3.8, 4) is 0 Å². The van der Waals surface area contributed by atoms with Crippen molar-refractivity contribution in [2.45, 2.75) is 12.8 Å². The van der Waals surface area contributed by atoms with Crippen LogP contribution in [0.1, 0.15) is 12.8 Å². The van der Waals surface area contributed by atoms with Crippen molar-refractivity contribution in [3.63, 3.8) is 0 Å². The average Bonchev–Trinajstić information content (AvgIpc) is 2.85. The van der Waals surface area contributed by atoms with E-state index in [1.165, 1.54) is 0 Å². The van der Waals surface area contributed by atoms with Crippen molar-refractivity contribution in [1.82, 2.24) is 31.1 Å². The number of nitrogens with one attached hydrogen (secondary N) is 4. The summed E-state index contributed by atoms with van der Waals surface area (Å²) in [6.45, 7) is -3.73. The fourth-order valence-corrected chi connectivity index (χ4v) is 2.69. The van der Waals surface area contributed by atoms with Crippen molar-refractivity contribution < 1.29 is 49.2 Å². The maximum absolute atomic E-state index is 12.7. The van der Waals surface area contributed by atoms with Crippen molar-refractivity contribution in [2.24, 2.45) is 0 Å². The van der Waals surface area contributed by atoms with E-state index in [4.69, 9.17) is 20.4 Å². The van der Waals surface area contributed by atoms with Crippen LogP contribution in [0.4, 0.5) is 0 Å². The van der Waals surface area contributed by atoms with Gasteiger partial charge in [-0.25, -0.2) is 0 Å². The molecule has 0 heterocycles. The van der Waals surface area contributed by atoms with Gasteiger partial charge in [0, 0.05) is 39.0 Å². The molecule has 0 aliphatic rings. The van der Waals surface area contributed by atoms with Crippen LogP contribution < -0.4 is 21.3 Å². The van der Waals surface area contributed by atoms with Crippen LogP contribution >= 0.6 is 0 Å². The number of hydrogen-bond donors (Lipinski definition) is 8. The molecule has 0 bridgehead atoms. The predicted octanol–water partition coefficient (Wildman–Crippen LogP) is -6.14. The summed E-state index contributed by atoms with van der Waals surface area (Å²) in [4.78, 5) is 75.1. The molecule has 0 saturated heterocycles. The van der Waals surface area contributed by atoms with E-state index in [-0.39, 0.29) is 52.6 Å². The van der Waals surface area contributed by atoms with Crippen LogP contribution in [0.2, 0.25) is 0 Å². The maximum Gasteiger partial charge on any atom is 0.239 e. The summed E-state index contributed by atoms with van der Waals surface area (Å²) in [5.74, 6) is -4.09. The monoisotopic (exact) mass is 520 g/mol. The minimum Gasteiger partial charge on any atom is -0.395 e. The van der Waals surface area contributed by atoms with E-state index < -0.39 is 74.5 Å². The second-order valence-corrected chi connectivity index (χ2v) is 7.29. The molecule has 0 fully saturated rings. The second kappa shape index (κ2) is 19.9. The van der Waals surface area contributed by atoms with Crippen LogP contribution in [0.5, 0.6) is 0 Å². The van der Waals surface area contributed by atoms with Crippen LogP contribution in [0.3, 0.4) is 0 Å². The molecule has 16 heteroatoms. The zero-order chi connectivity index (χ0) is 27.3. The Morgan fingerprint density at radius 3 is 0.861 bits per heavy atom. The molecule has 6 amide bonds. The second-order valence-electron chi connectivity index (χ2n) is 7.29. The van der Waals surface area contributed by atoms with E-state index in [0.717, 1.165) is 9.80 Å². The Balaban J connectivity index is 5.25. The zero-order valence-electron chi connectivity index (χ0n) is 20.0. The summed E-state index contributed by atoms with van der Waals surface area (Å²) in [7, 11) is 0. The zero-order valence-corrected chi connectivity index (χ0v) is 20.0. The Morgan fingerprint density at radius 2 is 0.667 bits per heavy atom. The number of aliphatic hydroxyl groups is 4. The molecule has 16 nitrogen and oxygen atoms in total. The molecule has 8 N–H and O–H groups in total. The molecule has 0 aliphatic heterocycles. The summed E-state index contributed by atoms with van der Waals surface area (Å²) in [5.41, 5.74) is 0. The van der Waals surface area contributed by atoms with Gasteiger partial charge >= 0.3 is 0 Å². The lowest BCUT2D eigenvalue weighted by Gasteiger charge is -2.24. The van der Waals surface area contributed by atoms with E-state index in [9.17, 15) is 28.8 Å². The van der Waals surface area contributed by atoms with Crippen LogP contribution in [0, 0.1) is 0 Å². The van der Waals surface area contributed by atoms with Crippen LogP contribution in [-0.4, -0.2) is 144 Å². The fourth-order valence-electron chi connectivity index (χ4n) is 2.69.